The number of hydrogen-bond donors (Lipinski definition) is 1. The van der Waals surface area contributed by atoms with Crippen molar-refractivity contribution in [1.82, 2.24) is 5.16 Å². The van der Waals surface area contributed by atoms with Gasteiger partial charge in [0.1, 0.15) is 5.75 Å². The second-order valence-electron chi connectivity index (χ2n) is 3.61. The fourth-order valence-corrected chi connectivity index (χ4v) is 1.45. The minimum atomic E-state index is 0.245. The number of aromatic nitrogens is 1. The second-order valence-corrected chi connectivity index (χ2v) is 3.61. The number of nitrogens with zero attached hydrogens (tertiary/aromatic N) is 1. The summed E-state index contributed by atoms with van der Waals surface area (Å²) < 4.78 is 5.11. The Hall–Kier alpha value is -2.29. The third kappa shape index (κ3) is 2.84. The van der Waals surface area contributed by atoms with Crippen LogP contribution in [0.1, 0.15) is 17.0 Å². The summed E-state index contributed by atoms with van der Waals surface area (Å²) in [6.45, 7) is 3.64. The number of allylic oxidation sites excluding steroid dienone is 1. The minimum absolute atomic E-state index is 0.245. The number of rotatable bonds is 4. The van der Waals surface area contributed by atoms with Crippen LogP contribution in [0, 0.1) is 0 Å². The van der Waals surface area contributed by atoms with Crippen molar-refractivity contribution in [1.29, 1.82) is 0 Å². The van der Waals surface area contributed by atoms with E-state index in [1.807, 2.05) is 18.2 Å². The molecule has 0 radical (unpaired) electrons. The van der Waals surface area contributed by atoms with Gasteiger partial charge in [0.25, 0.3) is 0 Å². The summed E-state index contributed by atoms with van der Waals surface area (Å²) in [6.07, 6.45) is 6.02. The van der Waals surface area contributed by atoms with Gasteiger partial charge in [-0.05, 0) is 18.2 Å². The highest BCUT2D eigenvalue weighted by Gasteiger charge is 1.99. The normalized spacial score (nSPS) is 10.8. The van der Waals surface area contributed by atoms with Crippen LogP contribution in [0.2, 0.25) is 0 Å². The zero-order chi connectivity index (χ0) is 12.1. The molecule has 0 bridgehead atoms. The number of benzene rings is 1. The zero-order valence-corrected chi connectivity index (χ0v) is 9.34. The molecule has 0 saturated carbocycles. The van der Waals surface area contributed by atoms with Gasteiger partial charge in [-0.1, -0.05) is 29.4 Å². The number of hydrogen-bond acceptors (Lipinski definition) is 3. The highest BCUT2D eigenvalue weighted by Crippen LogP contribution is 2.18. The predicted octanol–water partition coefficient (Wildman–Crippen LogP) is 3.28. The van der Waals surface area contributed by atoms with E-state index in [1.54, 1.807) is 30.4 Å². The Morgan fingerprint density at radius 1 is 1.29 bits per heavy atom. The van der Waals surface area contributed by atoms with E-state index < -0.39 is 0 Å². The van der Waals surface area contributed by atoms with Crippen molar-refractivity contribution in [2.24, 2.45) is 0 Å². The molecular formula is C14H13NO2. The third-order valence-corrected chi connectivity index (χ3v) is 2.29. The fourth-order valence-electron chi connectivity index (χ4n) is 1.45. The van der Waals surface area contributed by atoms with Crippen molar-refractivity contribution in [2.75, 3.05) is 0 Å². The number of para-hydroxylation sites is 1. The molecule has 86 valence electrons. The first-order valence-electron chi connectivity index (χ1n) is 5.32. The van der Waals surface area contributed by atoms with E-state index in [1.165, 1.54) is 0 Å². The maximum Gasteiger partial charge on any atom is 0.159 e. The number of phenolic OH excluding ortho intramolecular Hbond substituents is 1. The Morgan fingerprint density at radius 2 is 2.12 bits per heavy atom. The molecule has 0 unspecified atom stereocenters. The summed E-state index contributed by atoms with van der Waals surface area (Å²) in [4.78, 5) is 0. The molecular weight excluding hydrogens is 214 g/mol. The van der Waals surface area contributed by atoms with Crippen molar-refractivity contribution in [3.8, 4) is 5.75 Å². The molecule has 0 spiro atoms. The summed E-state index contributed by atoms with van der Waals surface area (Å²) in [5.41, 5.74) is 1.59. The first-order valence-corrected chi connectivity index (χ1v) is 5.32. The molecule has 1 aromatic heterocycles. The van der Waals surface area contributed by atoms with E-state index in [2.05, 4.69) is 11.7 Å². The summed E-state index contributed by atoms with van der Waals surface area (Å²) in [5.74, 6) is 0.902. The highest BCUT2D eigenvalue weighted by molar-refractivity contribution is 5.70. The maximum absolute atomic E-state index is 9.57. The lowest BCUT2D eigenvalue weighted by atomic mass is 10.2. The van der Waals surface area contributed by atoms with Gasteiger partial charge < -0.3 is 9.63 Å². The van der Waals surface area contributed by atoms with Gasteiger partial charge in [-0.15, -0.1) is 6.58 Å². The first-order chi connectivity index (χ1) is 8.29. The fraction of sp³-hybridized carbons (Fsp3) is 0.0714. The lowest BCUT2D eigenvalue weighted by Crippen LogP contribution is -1.76. The van der Waals surface area contributed by atoms with Crippen molar-refractivity contribution in [2.45, 2.75) is 6.42 Å². The molecule has 1 heterocycles. The monoisotopic (exact) mass is 227 g/mol. The molecule has 1 N–H and O–H groups in total. The summed E-state index contributed by atoms with van der Waals surface area (Å²) >= 11 is 0. The third-order valence-electron chi connectivity index (χ3n) is 2.29. The van der Waals surface area contributed by atoms with Crippen molar-refractivity contribution < 1.29 is 9.63 Å². The average molecular weight is 227 g/mol. The molecule has 3 nitrogen and oxygen atoms in total. The van der Waals surface area contributed by atoms with Gasteiger partial charge >= 0.3 is 0 Å². The molecule has 0 fully saturated rings. The SMILES string of the molecule is C=CCc1cc(C=Cc2ccccc2O)on1. The van der Waals surface area contributed by atoms with Crippen LogP contribution in [0.3, 0.4) is 0 Å². The molecule has 0 saturated heterocycles. The second kappa shape index (κ2) is 5.16. The highest BCUT2D eigenvalue weighted by atomic mass is 16.5. The molecule has 0 amide bonds. The van der Waals surface area contributed by atoms with E-state index in [-0.39, 0.29) is 5.75 Å². The van der Waals surface area contributed by atoms with E-state index in [4.69, 9.17) is 4.52 Å². The molecule has 1 aromatic carbocycles. The maximum atomic E-state index is 9.57. The van der Waals surface area contributed by atoms with Crippen LogP contribution in [0.15, 0.2) is 47.5 Å². The molecule has 0 aliphatic carbocycles. The summed E-state index contributed by atoms with van der Waals surface area (Å²) in [7, 11) is 0. The molecule has 2 rings (SSSR count). The molecule has 3 heteroatoms. The van der Waals surface area contributed by atoms with Gasteiger partial charge in [0.2, 0.25) is 0 Å². The molecule has 0 aliphatic rings. The van der Waals surface area contributed by atoms with Crippen LogP contribution in [0.4, 0.5) is 0 Å². The quantitative estimate of drug-likeness (QED) is 0.815. The van der Waals surface area contributed by atoms with E-state index in [0.29, 0.717) is 12.2 Å². The smallest absolute Gasteiger partial charge is 0.159 e. The zero-order valence-electron chi connectivity index (χ0n) is 9.34. The Kier molecular flexibility index (Phi) is 3.40. The van der Waals surface area contributed by atoms with E-state index in [9.17, 15) is 5.11 Å². The van der Waals surface area contributed by atoms with Crippen molar-refractivity contribution in [3.05, 3.63) is 60.0 Å². The van der Waals surface area contributed by atoms with Gasteiger partial charge in [0.15, 0.2) is 5.76 Å². The van der Waals surface area contributed by atoms with E-state index in [0.717, 1.165) is 11.3 Å². The largest absolute Gasteiger partial charge is 0.507 e. The van der Waals surface area contributed by atoms with Gasteiger partial charge in [0.05, 0.1) is 5.69 Å². The van der Waals surface area contributed by atoms with Gasteiger partial charge in [-0.3, -0.25) is 0 Å². The van der Waals surface area contributed by atoms with Crippen molar-refractivity contribution >= 4 is 12.2 Å². The first kappa shape index (κ1) is 11.2. The standard InChI is InChI=1S/C14H13NO2/c1-2-5-12-10-13(17-15-12)9-8-11-6-3-4-7-14(11)16/h2-4,6-10,16H,1,5H2. The van der Waals surface area contributed by atoms with Crippen LogP contribution < -0.4 is 0 Å². The lowest BCUT2D eigenvalue weighted by molar-refractivity contribution is 0.407. The Labute approximate surface area is 99.7 Å². The Balaban J connectivity index is 2.14. The van der Waals surface area contributed by atoms with Crippen LogP contribution in [-0.2, 0) is 6.42 Å². The van der Waals surface area contributed by atoms with Crippen LogP contribution in [-0.4, -0.2) is 10.3 Å². The average Bonchev–Trinajstić information content (AvgIpc) is 2.76. The minimum Gasteiger partial charge on any atom is -0.507 e. The predicted molar refractivity (Wildman–Crippen MR) is 67.4 cm³/mol. The van der Waals surface area contributed by atoms with Crippen LogP contribution in [0.25, 0.3) is 12.2 Å². The molecule has 0 atom stereocenters. The number of phenols is 1. The molecule has 2 aromatic rings. The molecule has 17 heavy (non-hydrogen) atoms. The van der Waals surface area contributed by atoms with Crippen LogP contribution >= 0.6 is 0 Å². The topological polar surface area (TPSA) is 46.3 Å². The summed E-state index contributed by atoms with van der Waals surface area (Å²) in [6, 6.07) is 8.96. The van der Waals surface area contributed by atoms with E-state index >= 15 is 0 Å². The number of aromatic hydroxyl groups is 1. The summed E-state index contributed by atoms with van der Waals surface area (Å²) in [5, 5.41) is 13.4. The Bertz CT molecular complexity index is 541. The molecule has 0 aliphatic heterocycles. The van der Waals surface area contributed by atoms with Gasteiger partial charge in [-0.25, -0.2) is 0 Å². The lowest BCUT2D eigenvalue weighted by Gasteiger charge is -1.95. The van der Waals surface area contributed by atoms with Crippen LogP contribution in [0.5, 0.6) is 5.75 Å². The van der Waals surface area contributed by atoms with Gasteiger partial charge in [-0.2, -0.15) is 0 Å². The Morgan fingerprint density at radius 3 is 2.88 bits per heavy atom. The van der Waals surface area contributed by atoms with Gasteiger partial charge in [0, 0.05) is 18.1 Å². The van der Waals surface area contributed by atoms with Crippen molar-refractivity contribution in [3.63, 3.8) is 0 Å².